The molecule has 0 heterocycles. The third kappa shape index (κ3) is 1.93. The highest BCUT2D eigenvalue weighted by molar-refractivity contribution is 5.22. The van der Waals surface area contributed by atoms with Crippen LogP contribution in [0.15, 0.2) is 23.8 Å². The number of aliphatic hydroxyl groups excluding tert-OH is 1. The molecule has 0 aromatic carbocycles. The number of rotatable bonds is 1. The maximum atomic E-state index is 9.46. The van der Waals surface area contributed by atoms with Gasteiger partial charge in [0.1, 0.15) is 0 Å². The van der Waals surface area contributed by atoms with E-state index in [1.807, 2.05) is 0 Å². The van der Waals surface area contributed by atoms with E-state index in [4.69, 9.17) is 0 Å². The molecular weight excluding hydrogens is 136 g/mol. The molecular formula is C10H16O. The Morgan fingerprint density at radius 2 is 2.27 bits per heavy atom. The van der Waals surface area contributed by atoms with Crippen molar-refractivity contribution in [1.82, 2.24) is 0 Å². The van der Waals surface area contributed by atoms with Crippen LogP contribution in [-0.4, -0.2) is 11.2 Å². The number of hydrogen-bond acceptors (Lipinski definition) is 1. The number of allylic oxidation sites excluding steroid dienone is 1. The lowest BCUT2D eigenvalue weighted by Crippen LogP contribution is -2.16. The SMILES string of the molecule is C=C1CC=C(C(C)C)C[C@H]1O. The fourth-order valence-electron chi connectivity index (χ4n) is 1.32. The van der Waals surface area contributed by atoms with Crippen molar-refractivity contribution in [2.75, 3.05) is 0 Å². The van der Waals surface area contributed by atoms with Crippen molar-refractivity contribution < 1.29 is 5.11 Å². The second-order valence-corrected chi connectivity index (χ2v) is 3.52. The molecule has 0 amide bonds. The summed E-state index contributed by atoms with van der Waals surface area (Å²) in [6.45, 7) is 8.11. The van der Waals surface area contributed by atoms with Crippen molar-refractivity contribution in [3.05, 3.63) is 23.8 Å². The second-order valence-electron chi connectivity index (χ2n) is 3.52. The van der Waals surface area contributed by atoms with Gasteiger partial charge < -0.3 is 5.11 Å². The molecule has 1 nitrogen and oxygen atoms in total. The Balaban J connectivity index is 2.66. The molecule has 1 atom stereocenters. The molecule has 1 heteroatoms. The highest BCUT2D eigenvalue weighted by Gasteiger charge is 2.17. The molecule has 0 aromatic heterocycles. The van der Waals surface area contributed by atoms with E-state index in [1.165, 1.54) is 5.57 Å². The van der Waals surface area contributed by atoms with Gasteiger partial charge in [-0.15, -0.1) is 0 Å². The molecule has 1 rings (SSSR count). The van der Waals surface area contributed by atoms with Crippen molar-refractivity contribution in [2.24, 2.45) is 5.92 Å². The van der Waals surface area contributed by atoms with Gasteiger partial charge in [-0.05, 0) is 24.3 Å². The van der Waals surface area contributed by atoms with Crippen LogP contribution in [0.2, 0.25) is 0 Å². The minimum absolute atomic E-state index is 0.294. The van der Waals surface area contributed by atoms with Crippen LogP contribution in [0.5, 0.6) is 0 Å². The normalized spacial score (nSPS) is 25.6. The zero-order chi connectivity index (χ0) is 8.43. The summed E-state index contributed by atoms with van der Waals surface area (Å²) in [5.74, 6) is 0.567. The Morgan fingerprint density at radius 3 is 2.73 bits per heavy atom. The van der Waals surface area contributed by atoms with Gasteiger partial charge in [0.2, 0.25) is 0 Å². The average molecular weight is 152 g/mol. The highest BCUT2D eigenvalue weighted by Crippen LogP contribution is 2.26. The summed E-state index contributed by atoms with van der Waals surface area (Å²) in [5.41, 5.74) is 2.32. The maximum absolute atomic E-state index is 9.46. The highest BCUT2D eigenvalue weighted by atomic mass is 16.3. The third-order valence-electron chi connectivity index (χ3n) is 2.27. The molecule has 0 aromatic rings. The Morgan fingerprint density at radius 1 is 1.64 bits per heavy atom. The van der Waals surface area contributed by atoms with Crippen molar-refractivity contribution in [2.45, 2.75) is 32.8 Å². The molecule has 1 aliphatic carbocycles. The van der Waals surface area contributed by atoms with Crippen LogP contribution in [0.25, 0.3) is 0 Å². The Bertz CT molecular complexity index is 189. The molecule has 0 bridgehead atoms. The van der Waals surface area contributed by atoms with Crippen LogP contribution in [-0.2, 0) is 0 Å². The first-order valence-corrected chi connectivity index (χ1v) is 4.16. The quantitative estimate of drug-likeness (QED) is 0.571. The summed E-state index contributed by atoms with van der Waals surface area (Å²) in [7, 11) is 0. The molecule has 11 heavy (non-hydrogen) atoms. The first-order chi connectivity index (χ1) is 5.11. The first kappa shape index (κ1) is 8.54. The standard InChI is InChI=1S/C10H16O/c1-7(2)9-5-4-8(3)10(11)6-9/h5,7,10-11H,3-4,6H2,1-2H3/t10-/m1/s1. The minimum atomic E-state index is -0.294. The van der Waals surface area contributed by atoms with Crippen molar-refractivity contribution in [1.29, 1.82) is 0 Å². The van der Waals surface area contributed by atoms with E-state index in [1.54, 1.807) is 0 Å². The molecule has 0 fully saturated rings. The lowest BCUT2D eigenvalue weighted by Gasteiger charge is -2.22. The van der Waals surface area contributed by atoms with Gasteiger partial charge in [-0.2, -0.15) is 0 Å². The van der Waals surface area contributed by atoms with Gasteiger partial charge in [-0.25, -0.2) is 0 Å². The predicted octanol–water partition coefficient (Wildman–Crippen LogP) is 2.28. The molecule has 0 unspecified atom stereocenters. The fourth-order valence-corrected chi connectivity index (χ4v) is 1.32. The van der Waals surface area contributed by atoms with Crippen LogP contribution in [0.1, 0.15) is 26.7 Å². The summed E-state index contributed by atoms with van der Waals surface area (Å²) >= 11 is 0. The summed E-state index contributed by atoms with van der Waals surface area (Å²) in [4.78, 5) is 0. The molecule has 0 aliphatic heterocycles. The Kier molecular flexibility index (Phi) is 2.50. The van der Waals surface area contributed by atoms with Gasteiger partial charge in [0.05, 0.1) is 6.10 Å². The monoisotopic (exact) mass is 152 g/mol. The first-order valence-electron chi connectivity index (χ1n) is 4.16. The van der Waals surface area contributed by atoms with E-state index in [2.05, 4.69) is 26.5 Å². The van der Waals surface area contributed by atoms with E-state index in [-0.39, 0.29) is 6.10 Å². The molecule has 0 saturated heterocycles. The van der Waals surface area contributed by atoms with Crippen molar-refractivity contribution >= 4 is 0 Å². The van der Waals surface area contributed by atoms with Gasteiger partial charge >= 0.3 is 0 Å². The summed E-state index contributed by atoms with van der Waals surface area (Å²) in [6.07, 6.45) is 3.54. The van der Waals surface area contributed by atoms with E-state index < -0.39 is 0 Å². The van der Waals surface area contributed by atoms with Gasteiger partial charge in [0.15, 0.2) is 0 Å². The van der Waals surface area contributed by atoms with E-state index >= 15 is 0 Å². The van der Waals surface area contributed by atoms with Crippen LogP contribution >= 0.6 is 0 Å². The molecule has 0 radical (unpaired) electrons. The lowest BCUT2D eigenvalue weighted by molar-refractivity contribution is 0.202. The summed E-state index contributed by atoms with van der Waals surface area (Å²) in [6, 6.07) is 0. The van der Waals surface area contributed by atoms with Gasteiger partial charge in [-0.3, -0.25) is 0 Å². The van der Waals surface area contributed by atoms with Gasteiger partial charge in [-0.1, -0.05) is 32.1 Å². The number of aliphatic hydroxyl groups is 1. The molecule has 62 valence electrons. The molecule has 1 aliphatic rings. The summed E-state index contributed by atoms with van der Waals surface area (Å²) < 4.78 is 0. The third-order valence-corrected chi connectivity index (χ3v) is 2.27. The van der Waals surface area contributed by atoms with Crippen LogP contribution in [0, 0.1) is 5.92 Å². The second kappa shape index (κ2) is 3.22. The Hall–Kier alpha value is -0.560. The zero-order valence-electron chi connectivity index (χ0n) is 7.30. The maximum Gasteiger partial charge on any atom is 0.0787 e. The predicted molar refractivity (Wildman–Crippen MR) is 47.3 cm³/mol. The van der Waals surface area contributed by atoms with Crippen LogP contribution < -0.4 is 0 Å². The zero-order valence-corrected chi connectivity index (χ0v) is 7.30. The molecule has 0 spiro atoms. The van der Waals surface area contributed by atoms with Crippen LogP contribution in [0.4, 0.5) is 0 Å². The van der Waals surface area contributed by atoms with Gasteiger partial charge in [0, 0.05) is 0 Å². The van der Waals surface area contributed by atoms with E-state index in [0.717, 1.165) is 18.4 Å². The van der Waals surface area contributed by atoms with Crippen molar-refractivity contribution in [3.8, 4) is 0 Å². The van der Waals surface area contributed by atoms with Crippen LogP contribution in [0.3, 0.4) is 0 Å². The largest absolute Gasteiger partial charge is 0.388 e. The summed E-state index contributed by atoms with van der Waals surface area (Å²) in [5, 5.41) is 9.46. The minimum Gasteiger partial charge on any atom is -0.388 e. The fraction of sp³-hybridized carbons (Fsp3) is 0.600. The molecule has 1 N–H and O–H groups in total. The van der Waals surface area contributed by atoms with Crippen molar-refractivity contribution in [3.63, 3.8) is 0 Å². The van der Waals surface area contributed by atoms with E-state index in [9.17, 15) is 5.11 Å². The van der Waals surface area contributed by atoms with Gasteiger partial charge in [0.25, 0.3) is 0 Å². The lowest BCUT2D eigenvalue weighted by atomic mass is 9.87. The average Bonchev–Trinajstić information content (AvgIpc) is 1.94. The molecule has 0 saturated carbocycles. The smallest absolute Gasteiger partial charge is 0.0787 e. The van der Waals surface area contributed by atoms with E-state index in [0.29, 0.717) is 5.92 Å². The Labute approximate surface area is 68.4 Å². The number of hydrogen-bond donors (Lipinski definition) is 1. The topological polar surface area (TPSA) is 20.2 Å².